The monoisotopic (exact) mass is 267 g/mol. The molecule has 0 bridgehead atoms. The van der Waals surface area contributed by atoms with Crippen LogP contribution in [-0.4, -0.2) is 35.4 Å². The Balaban J connectivity index is 2.68. The molecule has 0 fully saturated rings. The maximum absolute atomic E-state index is 11.1. The highest BCUT2D eigenvalue weighted by Crippen LogP contribution is 2.20. The molecule has 1 amide bonds. The summed E-state index contributed by atoms with van der Waals surface area (Å²) in [6.45, 7) is 2.02. The Labute approximate surface area is 108 Å². The van der Waals surface area contributed by atoms with E-state index in [1.54, 1.807) is 6.92 Å². The van der Waals surface area contributed by atoms with Crippen molar-refractivity contribution < 1.29 is 19.6 Å². The van der Waals surface area contributed by atoms with Gasteiger partial charge in [0.15, 0.2) is 0 Å². The van der Waals surface area contributed by atoms with Crippen LogP contribution in [0.4, 0.5) is 5.69 Å². The summed E-state index contributed by atoms with van der Waals surface area (Å²) >= 11 is 0. The molecule has 19 heavy (non-hydrogen) atoms. The average Bonchev–Trinajstić information content (AvgIpc) is 2.38. The van der Waals surface area contributed by atoms with Crippen molar-refractivity contribution in [1.29, 1.82) is 0 Å². The smallest absolute Gasteiger partial charge is 0.270 e. The number of nitrogens with zero attached hydrogens (tertiary/aromatic N) is 2. The molecule has 0 aliphatic rings. The number of nitro groups is 1. The number of aromatic hydroxyl groups is 1. The number of rotatable bonds is 6. The van der Waals surface area contributed by atoms with Gasteiger partial charge in [-0.3, -0.25) is 14.9 Å². The van der Waals surface area contributed by atoms with Gasteiger partial charge in [0, 0.05) is 24.3 Å². The van der Waals surface area contributed by atoms with Crippen molar-refractivity contribution in [2.75, 3.05) is 13.2 Å². The molecule has 1 aromatic carbocycles. The van der Waals surface area contributed by atoms with Gasteiger partial charge in [-0.15, -0.1) is 0 Å². The fourth-order valence-corrected chi connectivity index (χ4v) is 1.16. The number of phenolic OH excluding ortho intramolecular Hbond substituents is 1. The molecule has 0 atom stereocenters. The molecule has 8 heteroatoms. The number of hydrogen-bond donors (Lipinski definition) is 2. The van der Waals surface area contributed by atoms with Crippen LogP contribution < -0.4 is 5.43 Å². The van der Waals surface area contributed by atoms with E-state index < -0.39 is 10.8 Å². The van der Waals surface area contributed by atoms with Gasteiger partial charge in [0.1, 0.15) is 12.4 Å². The number of ether oxygens (including phenoxy) is 1. The van der Waals surface area contributed by atoms with E-state index in [-0.39, 0.29) is 23.6 Å². The molecule has 102 valence electrons. The molecule has 0 aliphatic heterocycles. The second kappa shape index (κ2) is 7.07. The van der Waals surface area contributed by atoms with Crippen LogP contribution in [0.25, 0.3) is 0 Å². The van der Waals surface area contributed by atoms with Crippen molar-refractivity contribution >= 4 is 17.8 Å². The SMILES string of the molecule is CCOCC(=O)N/N=C/c1cc([N+](=O)[O-])ccc1O. The summed E-state index contributed by atoms with van der Waals surface area (Å²) in [4.78, 5) is 21.1. The standard InChI is InChI=1S/C11H13N3O5/c1-2-19-7-11(16)13-12-6-8-5-9(14(17)18)3-4-10(8)15/h3-6,15H,2,7H2,1H3,(H,13,16)/b12-6+. The summed E-state index contributed by atoms with van der Waals surface area (Å²) in [5.74, 6) is -0.628. The highest BCUT2D eigenvalue weighted by molar-refractivity contribution is 5.86. The number of carbonyl (C=O) groups is 1. The van der Waals surface area contributed by atoms with Crippen molar-refractivity contribution in [2.24, 2.45) is 5.10 Å². The number of amides is 1. The van der Waals surface area contributed by atoms with E-state index in [0.717, 1.165) is 12.3 Å². The zero-order chi connectivity index (χ0) is 14.3. The minimum atomic E-state index is -0.593. The Kier molecular flexibility index (Phi) is 5.42. The van der Waals surface area contributed by atoms with Crippen LogP contribution in [0.3, 0.4) is 0 Å². The van der Waals surface area contributed by atoms with E-state index in [9.17, 15) is 20.0 Å². The predicted octanol–water partition coefficient (Wildman–Crippen LogP) is 0.787. The van der Waals surface area contributed by atoms with Crippen molar-refractivity contribution in [2.45, 2.75) is 6.92 Å². The van der Waals surface area contributed by atoms with E-state index in [4.69, 9.17) is 4.74 Å². The number of phenols is 1. The van der Waals surface area contributed by atoms with E-state index >= 15 is 0 Å². The lowest BCUT2D eigenvalue weighted by atomic mass is 10.2. The van der Waals surface area contributed by atoms with E-state index in [1.807, 2.05) is 0 Å². The molecule has 0 aliphatic carbocycles. The molecule has 0 saturated heterocycles. The molecule has 0 saturated carbocycles. The Morgan fingerprint density at radius 1 is 1.63 bits per heavy atom. The maximum Gasteiger partial charge on any atom is 0.270 e. The fourth-order valence-electron chi connectivity index (χ4n) is 1.16. The lowest BCUT2D eigenvalue weighted by Crippen LogP contribution is -2.22. The van der Waals surface area contributed by atoms with Gasteiger partial charge in [-0.1, -0.05) is 0 Å². The topological polar surface area (TPSA) is 114 Å². The zero-order valence-electron chi connectivity index (χ0n) is 10.2. The van der Waals surface area contributed by atoms with Crippen LogP contribution >= 0.6 is 0 Å². The Morgan fingerprint density at radius 2 is 2.37 bits per heavy atom. The average molecular weight is 267 g/mol. The molecular formula is C11H13N3O5. The molecule has 2 N–H and O–H groups in total. The molecule has 0 heterocycles. The van der Waals surface area contributed by atoms with Crippen LogP contribution in [0.15, 0.2) is 23.3 Å². The third kappa shape index (κ3) is 4.72. The van der Waals surface area contributed by atoms with Gasteiger partial charge < -0.3 is 9.84 Å². The number of benzene rings is 1. The Hall–Kier alpha value is -2.48. The van der Waals surface area contributed by atoms with Crippen molar-refractivity contribution in [1.82, 2.24) is 5.43 Å². The highest BCUT2D eigenvalue weighted by atomic mass is 16.6. The third-order valence-electron chi connectivity index (χ3n) is 2.05. The largest absolute Gasteiger partial charge is 0.507 e. The third-order valence-corrected chi connectivity index (χ3v) is 2.05. The van der Waals surface area contributed by atoms with Crippen LogP contribution in [-0.2, 0) is 9.53 Å². The van der Waals surface area contributed by atoms with Gasteiger partial charge in [0.05, 0.1) is 11.1 Å². The van der Waals surface area contributed by atoms with Crippen molar-refractivity contribution in [3.05, 3.63) is 33.9 Å². The van der Waals surface area contributed by atoms with Gasteiger partial charge in [-0.05, 0) is 13.0 Å². The first-order valence-electron chi connectivity index (χ1n) is 5.41. The summed E-state index contributed by atoms with van der Waals surface area (Å²) in [5.41, 5.74) is 2.12. The summed E-state index contributed by atoms with van der Waals surface area (Å²) in [7, 11) is 0. The highest BCUT2D eigenvalue weighted by Gasteiger charge is 2.08. The van der Waals surface area contributed by atoms with Gasteiger partial charge in [-0.2, -0.15) is 5.10 Å². The molecule has 0 unspecified atom stereocenters. The number of hydrazone groups is 1. The molecular weight excluding hydrogens is 254 g/mol. The molecule has 1 aromatic rings. The predicted molar refractivity (Wildman–Crippen MR) is 67.0 cm³/mol. The maximum atomic E-state index is 11.1. The molecule has 8 nitrogen and oxygen atoms in total. The lowest BCUT2D eigenvalue weighted by molar-refractivity contribution is -0.384. The Bertz CT molecular complexity index is 501. The number of non-ortho nitro benzene ring substituents is 1. The number of hydrogen-bond acceptors (Lipinski definition) is 6. The quantitative estimate of drug-likeness (QED) is 0.449. The second-order valence-corrected chi connectivity index (χ2v) is 3.43. The molecule has 0 aromatic heterocycles. The summed E-state index contributed by atoms with van der Waals surface area (Å²) in [6, 6.07) is 3.50. The minimum absolute atomic E-state index is 0.130. The van der Waals surface area contributed by atoms with Crippen LogP contribution in [0.5, 0.6) is 5.75 Å². The van der Waals surface area contributed by atoms with Crippen LogP contribution in [0.2, 0.25) is 0 Å². The summed E-state index contributed by atoms with van der Waals surface area (Å²) in [5, 5.41) is 23.6. The zero-order valence-corrected chi connectivity index (χ0v) is 10.2. The van der Waals surface area contributed by atoms with Crippen LogP contribution in [0, 0.1) is 10.1 Å². The normalized spacial score (nSPS) is 10.6. The van der Waals surface area contributed by atoms with E-state index in [2.05, 4.69) is 10.5 Å². The second-order valence-electron chi connectivity index (χ2n) is 3.43. The van der Waals surface area contributed by atoms with Gasteiger partial charge in [-0.25, -0.2) is 5.43 Å². The number of carbonyl (C=O) groups excluding carboxylic acids is 1. The van der Waals surface area contributed by atoms with Crippen molar-refractivity contribution in [3.63, 3.8) is 0 Å². The molecule has 0 spiro atoms. The van der Waals surface area contributed by atoms with E-state index in [0.29, 0.717) is 6.61 Å². The summed E-state index contributed by atoms with van der Waals surface area (Å²) < 4.78 is 4.85. The van der Waals surface area contributed by atoms with Crippen molar-refractivity contribution in [3.8, 4) is 5.75 Å². The number of nitrogens with one attached hydrogen (secondary N) is 1. The van der Waals surface area contributed by atoms with Crippen LogP contribution in [0.1, 0.15) is 12.5 Å². The van der Waals surface area contributed by atoms with Gasteiger partial charge in [0.2, 0.25) is 0 Å². The molecule has 1 rings (SSSR count). The lowest BCUT2D eigenvalue weighted by Gasteiger charge is -2.00. The Morgan fingerprint density at radius 3 is 3.00 bits per heavy atom. The first-order chi connectivity index (χ1) is 9.04. The fraction of sp³-hybridized carbons (Fsp3) is 0.273. The minimum Gasteiger partial charge on any atom is -0.507 e. The van der Waals surface area contributed by atoms with Gasteiger partial charge in [0.25, 0.3) is 11.6 Å². The summed E-state index contributed by atoms with van der Waals surface area (Å²) in [6.07, 6.45) is 1.12. The number of nitro benzene ring substituents is 1. The first-order valence-corrected chi connectivity index (χ1v) is 5.41. The van der Waals surface area contributed by atoms with E-state index in [1.165, 1.54) is 12.1 Å². The van der Waals surface area contributed by atoms with Gasteiger partial charge >= 0.3 is 0 Å². The first kappa shape index (κ1) is 14.6. The molecule has 0 radical (unpaired) electrons.